The van der Waals surface area contributed by atoms with E-state index in [0.717, 1.165) is 5.69 Å². The van der Waals surface area contributed by atoms with Crippen LogP contribution in [0.1, 0.15) is 23.9 Å². The first-order chi connectivity index (χ1) is 9.94. The Morgan fingerprint density at radius 2 is 2.00 bits per heavy atom. The van der Waals surface area contributed by atoms with E-state index >= 15 is 0 Å². The molecule has 0 aliphatic heterocycles. The summed E-state index contributed by atoms with van der Waals surface area (Å²) in [4.78, 5) is 8.49. The van der Waals surface area contributed by atoms with Crippen LogP contribution in [-0.4, -0.2) is 24.1 Å². The summed E-state index contributed by atoms with van der Waals surface area (Å²) in [5.41, 5.74) is 2.01. The lowest BCUT2D eigenvalue weighted by atomic mass is 10.2. The van der Waals surface area contributed by atoms with Gasteiger partial charge in [0.1, 0.15) is 0 Å². The number of benzene rings is 1. The van der Waals surface area contributed by atoms with Crippen molar-refractivity contribution < 1.29 is 8.42 Å². The maximum atomic E-state index is 12.2. The lowest BCUT2D eigenvalue weighted by Crippen LogP contribution is -2.06. The Hall–Kier alpha value is -1.72. The minimum absolute atomic E-state index is 0.00181. The summed E-state index contributed by atoms with van der Waals surface area (Å²) in [6, 6.07) is 5.01. The highest BCUT2D eigenvalue weighted by Gasteiger charge is 2.18. The van der Waals surface area contributed by atoms with Gasteiger partial charge >= 0.3 is 0 Å². The summed E-state index contributed by atoms with van der Waals surface area (Å²) >= 11 is 6.06. The molecule has 0 saturated heterocycles. The van der Waals surface area contributed by atoms with Crippen LogP contribution in [0.15, 0.2) is 35.5 Å². The normalized spacial score (nSPS) is 12.0. The van der Waals surface area contributed by atoms with Gasteiger partial charge in [-0.05, 0) is 24.6 Å². The lowest BCUT2D eigenvalue weighted by molar-refractivity contribution is 0.597. The summed E-state index contributed by atoms with van der Waals surface area (Å²) in [5, 5.41) is 0.231. The van der Waals surface area contributed by atoms with E-state index in [9.17, 15) is 8.42 Å². The third kappa shape index (κ3) is 3.68. The highest BCUT2D eigenvalue weighted by molar-refractivity contribution is 7.91. The van der Waals surface area contributed by atoms with E-state index in [-0.39, 0.29) is 15.7 Å². The van der Waals surface area contributed by atoms with Gasteiger partial charge in [-0.3, -0.25) is 9.97 Å². The van der Waals surface area contributed by atoms with Crippen molar-refractivity contribution in [3.63, 3.8) is 0 Å². The Bertz CT molecular complexity index is 786. The molecule has 4 nitrogen and oxygen atoms in total. The molecule has 2 rings (SSSR count). The molecule has 0 amide bonds. The van der Waals surface area contributed by atoms with Gasteiger partial charge < -0.3 is 0 Å². The van der Waals surface area contributed by atoms with Crippen LogP contribution < -0.4 is 0 Å². The van der Waals surface area contributed by atoms with Crippen molar-refractivity contribution in [2.75, 3.05) is 5.75 Å². The van der Waals surface area contributed by atoms with Crippen molar-refractivity contribution in [3.8, 4) is 0 Å². The molecule has 110 valence electrons. The highest BCUT2D eigenvalue weighted by Crippen LogP contribution is 2.27. The molecule has 0 saturated carbocycles. The molecule has 0 aliphatic rings. The van der Waals surface area contributed by atoms with Crippen LogP contribution in [-0.2, 0) is 9.84 Å². The number of hydrogen-bond acceptors (Lipinski definition) is 4. The average molecular weight is 323 g/mol. The van der Waals surface area contributed by atoms with Gasteiger partial charge in [-0.2, -0.15) is 0 Å². The minimum atomic E-state index is -3.39. The lowest BCUT2D eigenvalue weighted by Gasteiger charge is -2.08. The Morgan fingerprint density at radius 1 is 1.24 bits per heavy atom. The predicted octanol–water partition coefficient (Wildman–Crippen LogP) is 3.40. The topological polar surface area (TPSA) is 59.9 Å². The summed E-state index contributed by atoms with van der Waals surface area (Å²) in [5.74, 6) is 0.00181. The van der Waals surface area contributed by atoms with Crippen molar-refractivity contribution in [2.45, 2.75) is 18.7 Å². The van der Waals surface area contributed by atoms with E-state index in [1.165, 1.54) is 0 Å². The molecule has 0 spiro atoms. The van der Waals surface area contributed by atoms with E-state index in [2.05, 4.69) is 9.97 Å². The zero-order valence-electron chi connectivity index (χ0n) is 11.7. The van der Waals surface area contributed by atoms with Gasteiger partial charge in [0.2, 0.25) is 0 Å². The SMILES string of the molecule is CCS(=O)(=O)c1c(Cl)cccc1C=Cc1cncc(C)n1. The molecule has 1 aromatic carbocycles. The van der Waals surface area contributed by atoms with Crippen molar-refractivity contribution in [3.05, 3.63) is 52.6 Å². The molecule has 0 fully saturated rings. The second-order valence-corrected chi connectivity index (χ2v) is 7.10. The minimum Gasteiger partial charge on any atom is -0.261 e. The number of aryl methyl sites for hydroxylation is 1. The van der Waals surface area contributed by atoms with Gasteiger partial charge in [0.05, 0.1) is 33.3 Å². The second kappa shape index (κ2) is 6.37. The molecule has 6 heteroatoms. The van der Waals surface area contributed by atoms with E-state index < -0.39 is 9.84 Å². The van der Waals surface area contributed by atoms with Crippen LogP contribution in [0.4, 0.5) is 0 Å². The smallest absolute Gasteiger partial charge is 0.180 e. The summed E-state index contributed by atoms with van der Waals surface area (Å²) in [6.45, 7) is 3.44. The maximum absolute atomic E-state index is 12.2. The van der Waals surface area contributed by atoms with Gasteiger partial charge in [-0.15, -0.1) is 0 Å². The Morgan fingerprint density at radius 3 is 2.67 bits per heavy atom. The van der Waals surface area contributed by atoms with Crippen LogP contribution in [0.2, 0.25) is 5.02 Å². The third-order valence-corrected chi connectivity index (χ3v) is 5.16. The van der Waals surface area contributed by atoms with Gasteiger partial charge in [0.15, 0.2) is 9.84 Å². The number of hydrogen-bond donors (Lipinski definition) is 0. The number of aromatic nitrogens is 2. The Balaban J connectivity index is 2.48. The Labute approximate surface area is 129 Å². The van der Waals surface area contributed by atoms with Gasteiger partial charge in [-0.25, -0.2) is 8.42 Å². The maximum Gasteiger partial charge on any atom is 0.180 e. The standard InChI is InChI=1S/C15H15ClN2O2S/c1-3-21(19,20)15-12(5-4-6-14(15)16)7-8-13-10-17-9-11(2)18-13/h4-10H,3H2,1-2H3. The van der Waals surface area contributed by atoms with E-state index in [1.807, 2.05) is 6.92 Å². The number of nitrogens with zero attached hydrogens (tertiary/aromatic N) is 2. The van der Waals surface area contributed by atoms with Crippen molar-refractivity contribution in [2.24, 2.45) is 0 Å². The zero-order valence-corrected chi connectivity index (χ0v) is 13.3. The van der Waals surface area contributed by atoms with Crippen LogP contribution >= 0.6 is 11.6 Å². The van der Waals surface area contributed by atoms with Crippen molar-refractivity contribution in [1.29, 1.82) is 0 Å². The molecule has 0 bridgehead atoms. The highest BCUT2D eigenvalue weighted by atomic mass is 35.5. The summed E-state index contributed by atoms with van der Waals surface area (Å²) in [6.07, 6.45) is 6.68. The third-order valence-electron chi connectivity index (χ3n) is 2.90. The molecule has 0 atom stereocenters. The van der Waals surface area contributed by atoms with E-state index in [0.29, 0.717) is 11.3 Å². The Kier molecular flexibility index (Phi) is 4.75. The number of sulfone groups is 1. The average Bonchev–Trinajstić information content (AvgIpc) is 2.45. The molecule has 1 heterocycles. The van der Waals surface area contributed by atoms with Crippen molar-refractivity contribution in [1.82, 2.24) is 9.97 Å². The van der Waals surface area contributed by atoms with Crippen LogP contribution in [0.25, 0.3) is 12.2 Å². The summed E-state index contributed by atoms with van der Waals surface area (Å²) in [7, 11) is -3.39. The molecule has 0 radical (unpaired) electrons. The predicted molar refractivity (Wildman–Crippen MR) is 84.9 cm³/mol. The fourth-order valence-corrected chi connectivity index (χ4v) is 3.55. The molecule has 0 N–H and O–H groups in total. The van der Waals surface area contributed by atoms with Crippen molar-refractivity contribution >= 4 is 33.6 Å². The first-order valence-corrected chi connectivity index (χ1v) is 8.45. The largest absolute Gasteiger partial charge is 0.261 e. The number of halogens is 1. The molecule has 1 aromatic heterocycles. The molecule has 0 aliphatic carbocycles. The quantitative estimate of drug-likeness (QED) is 0.865. The molecule has 0 unspecified atom stereocenters. The van der Waals surface area contributed by atoms with E-state index in [1.54, 1.807) is 49.7 Å². The van der Waals surface area contributed by atoms with Gasteiger partial charge in [0.25, 0.3) is 0 Å². The summed E-state index contributed by atoms with van der Waals surface area (Å²) < 4.78 is 24.3. The van der Waals surface area contributed by atoms with E-state index in [4.69, 9.17) is 11.6 Å². The monoisotopic (exact) mass is 322 g/mol. The van der Waals surface area contributed by atoms with Crippen LogP contribution in [0, 0.1) is 6.92 Å². The first-order valence-electron chi connectivity index (χ1n) is 6.42. The van der Waals surface area contributed by atoms with Gasteiger partial charge in [0, 0.05) is 6.20 Å². The zero-order chi connectivity index (χ0) is 15.5. The fourth-order valence-electron chi connectivity index (χ4n) is 1.87. The fraction of sp³-hybridized carbons (Fsp3) is 0.200. The van der Waals surface area contributed by atoms with Crippen LogP contribution in [0.3, 0.4) is 0 Å². The second-order valence-electron chi connectivity index (χ2n) is 4.48. The van der Waals surface area contributed by atoms with Crippen LogP contribution in [0.5, 0.6) is 0 Å². The first kappa shape index (κ1) is 15.7. The molecular weight excluding hydrogens is 308 g/mol. The molecular formula is C15H15ClN2O2S. The molecule has 21 heavy (non-hydrogen) atoms. The molecule has 2 aromatic rings. The van der Waals surface area contributed by atoms with Gasteiger partial charge in [-0.1, -0.05) is 36.7 Å². The number of rotatable bonds is 4.